The molecule has 0 saturated heterocycles. The number of rotatable bonds is 4. The predicted octanol–water partition coefficient (Wildman–Crippen LogP) is 3.72. The summed E-state index contributed by atoms with van der Waals surface area (Å²) in [5.41, 5.74) is 2.87. The Bertz CT molecular complexity index is 1030. The van der Waals surface area contributed by atoms with Crippen molar-refractivity contribution >= 4 is 27.9 Å². The Labute approximate surface area is 147 Å². The fourth-order valence-corrected chi connectivity index (χ4v) is 3.25. The van der Waals surface area contributed by atoms with Crippen molar-refractivity contribution < 1.29 is 9.53 Å². The summed E-state index contributed by atoms with van der Waals surface area (Å²) in [6.07, 6.45) is 5.52. The summed E-state index contributed by atoms with van der Waals surface area (Å²) < 4.78 is 7.12. The quantitative estimate of drug-likeness (QED) is 0.609. The number of anilines is 1. The Balaban J connectivity index is 1.61. The molecule has 0 spiro atoms. The number of nitrogens with zero attached hydrogens (tertiary/aromatic N) is 3. The number of aromatic nitrogens is 3. The molecular formula is C18H14N4O2S. The largest absolute Gasteiger partial charge is 0.480 e. The van der Waals surface area contributed by atoms with E-state index < -0.39 is 0 Å². The standard InChI is InChI=1S/C18H14N4O2S/c1-24-17-14(6-3-7-19-17)16(23)20-13-5-2-4-12(10-13)15-11-22-8-9-25-18(22)21-15/h2-11H,1H3,(H,20,23). The third-order valence-corrected chi connectivity index (χ3v) is 4.49. The Morgan fingerprint density at radius 1 is 1.28 bits per heavy atom. The van der Waals surface area contributed by atoms with Crippen molar-refractivity contribution in [2.24, 2.45) is 0 Å². The van der Waals surface area contributed by atoms with Gasteiger partial charge in [-0.25, -0.2) is 9.97 Å². The first-order valence-electron chi connectivity index (χ1n) is 7.57. The molecule has 1 N–H and O–H groups in total. The second-order valence-corrected chi connectivity index (χ2v) is 6.19. The number of imidazole rings is 1. The second-order valence-electron chi connectivity index (χ2n) is 5.31. The van der Waals surface area contributed by atoms with Gasteiger partial charge in [-0.05, 0) is 24.3 Å². The van der Waals surface area contributed by atoms with Gasteiger partial charge in [0.1, 0.15) is 5.56 Å². The summed E-state index contributed by atoms with van der Waals surface area (Å²) in [4.78, 5) is 22.1. The Hall–Kier alpha value is -3.19. The van der Waals surface area contributed by atoms with Crippen LogP contribution in [0.5, 0.6) is 5.88 Å². The van der Waals surface area contributed by atoms with Crippen LogP contribution in [-0.2, 0) is 0 Å². The van der Waals surface area contributed by atoms with Gasteiger partial charge in [-0.1, -0.05) is 12.1 Å². The van der Waals surface area contributed by atoms with Crippen molar-refractivity contribution in [3.8, 4) is 17.1 Å². The molecule has 0 unspecified atom stereocenters. The molecule has 0 bridgehead atoms. The summed E-state index contributed by atoms with van der Waals surface area (Å²) >= 11 is 1.58. The van der Waals surface area contributed by atoms with Crippen molar-refractivity contribution in [1.82, 2.24) is 14.4 Å². The van der Waals surface area contributed by atoms with Gasteiger partial charge in [0.15, 0.2) is 4.96 Å². The summed E-state index contributed by atoms with van der Waals surface area (Å²) in [6.45, 7) is 0. The summed E-state index contributed by atoms with van der Waals surface area (Å²) in [7, 11) is 1.49. The molecule has 0 aliphatic rings. The van der Waals surface area contributed by atoms with Crippen LogP contribution in [0.3, 0.4) is 0 Å². The highest BCUT2D eigenvalue weighted by Crippen LogP contribution is 2.25. The summed E-state index contributed by atoms with van der Waals surface area (Å²) in [6, 6.07) is 11.0. The lowest BCUT2D eigenvalue weighted by Crippen LogP contribution is -2.13. The van der Waals surface area contributed by atoms with Gasteiger partial charge in [-0.2, -0.15) is 0 Å². The van der Waals surface area contributed by atoms with Crippen molar-refractivity contribution in [3.05, 3.63) is 65.9 Å². The minimum atomic E-state index is -0.270. The van der Waals surface area contributed by atoms with E-state index in [9.17, 15) is 4.79 Å². The van der Waals surface area contributed by atoms with E-state index in [2.05, 4.69) is 15.3 Å². The Kier molecular flexibility index (Phi) is 3.91. The Morgan fingerprint density at radius 3 is 3.04 bits per heavy atom. The maximum atomic E-state index is 12.5. The molecule has 7 heteroatoms. The molecule has 1 aromatic carbocycles. The topological polar surface area (TPSA) is 68.5 Å². The number of carbonyl (C=O) groups is 1. The molecule has 3 aromatic heterocycles. The fourth-order valence-electron chi connectivity index (χ4n) is 2.55. The average Bonchev–Trinajstić information content (AvgIpc) is 3.24. The van der Waals surface area contributed by atoms with Gasteiger partial charge in [-0.15, -0.1) is 11.3 Å². The van der Waals surface area contributed by atoms with Gasteiger partial charge >= 0.3 is 0 Å². The van der Waals surface area contributed by atoms with E-state index in [0.29, 0.717) is 17.1 Å². The van der Waals surface area contributed by atoms with E-state index in [1.165, 1.54) is 7.11 Å². The van der Waals surface area contributed by atoms with Crippen molar-refractivity contribution in [3.63, 3.8) is 0 Å². The van der Waals surface area contributed by atoms with Crippen molar-refractivity contribution in [2.75, 3.05) is 12.4 Å². The minimum Gasteiger partial charge on any atom is -0.480 e. The smallest absolute Gasteiger partial charge is 0.261 e. The number of nitrogens with one attached hydrogen (secondary N) is 1. The zero-order valence-corrected chi connectivity index (χ0v) is 14.2. The zero-order valence-electron chi connectivity index (χ0n) is 13.3. The molecule has 4 aromatic rings. The van der Waals surface area contributed by atoms with Crippen LogP contribution < -0.4 is 10.1 Å². The lowest BCUT2D eigenvalue weighted by molar-refractivity contribution is 0.102. The summed E-state index contributed by atoms with van der Waals surface area (Å²) in [5.74, 6) is 0.0263. The minimum absolute atomic E-state index is 0.270. The molecular weight excluding hydrogens is 336 g/mol. The number of fused-ring (bicyclic) bond motifs is 1. The van der Waals surface area contributed by atoms with Gasteiger partial charge in [0.25, 0.3) is 5.91 Å². The van der Waals surface area contributed by atoms with Crippen LogP contribution in [0.15, 0.2) is 60.4 Å². The normalized spacial score (nSPS) is 10.8. The molecule has 124 valence electrons. The second kappa shape index (κ2) is 6.37. The molecule has 0 saturated carbocycles. The number of hydrogen-bond donors (Lipinski definition) is 1. The maximum Gasteiger partial charge on any atom is 0.261 e. The zero-order chi connectivity index (χ0) is 17.2. The monoisotopic (exact) mass is 350 g/mol. The third kappa shape index (κ3) is 2.97. The van der Waals surface area contributed by atoms with Crippen LogP contribution in [0.25, 0.3) is 16.2 Å². The van der Waals surface area contributed by atoms with E-state index in [-0.39, 0.29) is 5.91 Å². The van der Waals surface area contributed by atoms with E-state index in [1.54, 1.807) is 29.7 Å². The molecule has 0 atom stereocenters. The van der Waals surface area contributed by atoms with Gasteiger partial charge in [0.05, 0.1) is 12.8 Å². The van der Waals surface area contributed by atoms with E-state index >= 15 is 0 Å². The van der Waals surface area contributed by atoms with Gasteiger partial charge in [0, 0.05) is 35.2 Å². The lowest BCUT2D eigenvalue weighted by Gasteiger charge is -2.09. The SMILES string of the molecule is COc1ncccc1C(=O)Nc1cccc(-c2cn3ccsc3n2)c1. The van der Waals surface area contributed by atoms with Crippen LogP contribution in [-0.4, -0.2) is 27.4 Å². The fraction of sp³-hybridized carbons (Fsp3) is 0.0556. The number of pyridine rings is 1. The summed E-state index contributed by atoms with van der Waals surface area (Å²) in [5, 5.41) is 4.87. The van der Waals surface area contributed by atoms with Crippen LogP contribution >= 0.6 is 11.3 Å². The number of hydrogen-bond acceptors (Lipinski definition) is 5. The lowest BCUT2D eigenvalue weighted by atomic mass is 10.1. The molecule has 1 amide bonds. The molecule has 0 radical (unpaired) electrons. The highest BCUT2D eigenvalue weighted by molar-refractivity contribution is 7.15. The molecule has 0 aliphatic carbocycles. The first kappa shape index (κ1) is 15.3. The molecule has 0 fully saturated rings. The molecule has 0 aliphatic heterocycles. The Morgan fingerprint density at radius 2 is 2.20 bits per heavy atom. The van der Waals surface area contributed by atoms with Crippen molar-refractivity contribution in [1.29, 1.82) is 0 Å². The van der Waals surface area contributed by atoms with Crippen LogP contribution in [0, 0.1) is 0 Å². The van der Waals surface area contributed by atoms with E-state index in [1.807, 2.05) is 46.4 Å². The van der Waals surface area contributed by atoms with Crippen LogP contribution in [0.2, 0.25) is 0 Å². The van der Waals surface area contributed by atoms with Gasteiger partial charge < -0.3 is 10.1 Å². The van der Waals surface area contributed by atoms with Crippen LogP contribution in [0.4, 0.5) is 5.69 Å². The maximum absolute atomic E-state index is 12.5. The predicted molar refractivity (Wildman–Crippen MR) is 97.2 cm³/mol. The number of amides is 1. The number of methoxy groups -OCH3 is 1. The molecule has 25 heavy (non-hydrogen) atoms. The molecule has 6 nitrogen and oxygen atoms in total. The first-order chi connectivity index (χ1) is 12.2. The average molecular weight is 350 g/mol. The number of ether oxygens (including phenoxy) is 1. The highest BCUT2D eigenvalue weighted by Gasteiger charge is 2.13. The van der Waals surface area contributed by atoms with Gasteiger partial charge in [0.2, 0.25) is 5.88 Å². The van der Waals surface area contributed by atoms with E-state index in [0.717, 1.165) is 16.2 Å². The number of benzene rings is 1. The van der Waals surface area contributed by atoms with Gasteiger partial charge in [-0.3, -0.25) is 9.20 Å². The highest BCUT2D eigenvalue weighted by atomic mass is 32.1. The van der Waals surface area contributed by atoms with Crippen LogP contribution in [0.1, 0.15) is 10.4 Å². The number of thiazole rings is 1. The number of carbonyl (C=O) groups excluding carboxylic acids is 1. The molecule has 4 rings (SSSR count). The van der Waals surface area contributed by atoms with Crippen molar-refractivity contribution in [2.45, 2.75) is 0 Å². The first-order valence-corrected chi connectivity index (χ1v) is 8.45. The molecule has 3 heterocycles. The van der Waals surface area contributed by atoms with E-state index in [4.69, 9.17) is 4.74 Å². The third-order valence-electron chi connectivity index (χ3n) is 3.72.